The van der Waals surface area contributed by atoms with Crippen LogP contribution in [0.5, 0.6) is 5.75 Å². The molecule has 70 valence electrons. The van der Waals surface area contributed by atoms with Gasteiger partial charge in [0.15, 0.2) is 5.78 Å². The van der Waals surface area contributed by atoms with Crippen molar-refractivity contribution in [1.29, 1.82) is 0 Å². The van der Waals surface area contributed by atoms with Gasteiger partial charge in [-0.15, -0.1) is 0 Å². The van der Waals surface area contributed by atoms with Crippen LogP contribution in [0.3, 0.4) is 0 Å². The normalized spacial score (nSPS) is 9.85. The van der Waals surface area contributed by atoms with Gasteiger partial charge in [-0.25, -0.2) is 0 Å². The zero-order chi connectivity index (χ0) is 10.0. The first-order valence-corrected chi connectivity index (χ1v) is 4.70. The SMILES string of the molecule is COc1cc(C)cc(C(C)=O)c1Br. The van der Waals surface area contributed by atoms with E-state index in [1.165, 1.54) is 0 Å². The van der Waals surface area contributed by atoms with E-state index in [4.69, 9.17) is 4.74 Å². The van der Waals surface area contributed by atoms with Crippen molar-refractivity contribution < 1.29 is 9.53 Å². The van der Waals surface area contributed by atoms with E-state index in [-0.39, 0.29) is 5.78 Å². The van der Waals surface area contributed by atoms with Crippen molar-refractivity contribution >= 4 is 21.7 Å². The van der Waals surface area contributed by atoms with Crippen LogP contribution >= 0.6 is 15.9 Å². The second-order valence-corrected chi connectivity index (χ2v) is 3.68. The van der Waals surface area contributed by atoms with Crippen molar-refractivity contribution in [3.05, 3.63) is 27.7 Å². The molecule has 0 spiro atoms. The molecule has 0 aromatic heterocycles. The van der Waals surface area contributed by atoms with E-state index in [1.807, 2.05) is 19.1 Å². The quantitative estimate of drug-likeness (QED) is 0.746. The van der Waals surface area contributed by atoms with E-state index in [0.717, 1.165) is 10.0 Å². The summed E-state index contributed by atoms with van der Waals surface area (Å²) in [5.74, 6) is 0.735. The van der Waals surface area contributed by atoms with Crippen LogP contribution < -0.4 is 4.74 Å². The molecule has 0 aliphatic rings. The summed E-state index contributed by atoms with van der Waals surface area (Å²) in [5, 5.41) is 0. The molecule has 13 heavy (non-hydrogen) atoms. The molecular formula is C10H11BrO2. The second kappa shape index (κ2) is 3.92. The number of carbonyl (C=O) groups excluding carboxylic acids is 1. The van der Waals surface area contributed by atoms with Gasteiger partial charge in [0.1, 0.15) is 5.75 Å². The fraction of sp³-hybridized carbons (Fsp3) is 0.300. The van der Waals surface area contributed by atoms with Gasteiger partial charge in [0.05, 0.1) is 11.6 Å². The molecule has 1 aromatic rings. The molecule has 0 saturated carbocycles. The van der Waals surface area contributed by atoms with Gasteiger partial charge in [0.25, 0.3) is 0 Å². The molecule has 0 heterocycles. The Hall–Kier alpha value is -0.830. The molecule has 0 aliphatic heterocycles. The monoisotopic (exact) mass is 242 g/mol. The molecule has 0 aliphatic carbocycles. The molecule has 0 bridgehead atoms. The Labute approximate surface area is 86.0 Å². The molecule has 2 nitrogen and oxygen atoms in total. The third-order valence-electron chi connectivity index (χ3n) is 1.78. The van der Waals surface area contributed by atoms with Gasteiger partial charge in [0.2, 0.25) is 0 Å². The van der Waals surface area contributed by atoms with E-state index >= 15 is 0 Å². The number of hydrogen-bond donors (Lipinski definition) is 0. The van der Waals surface area contributed by atoms with Crippen molar-refractivity contribution in [2.45, 2.75) is 13.8 Å². The maximum atomic E-state index is 11.2. The summed E-state index contributed by atoms with van der Waals surface area (Å²) in [4.78, 5) is 11.2. The van der Waals surface area contributed by atoms with Crippen LogP contribution in [0.15, 0.2) is 16.6 Å². The minimum Gasteiger partial charge on any atom is -0.496 e. The van der Waals surface area contributed by atoms with Crippen molar-refractivity contribution in [1.82, 2.24) is 0 Å². The number of ether oxygens (including phenoxy) is 1. The summed E-state index contributed by atoms with van der Waals surface area (Å²) in [6.45, 7) is 3.47. The summed E-state index contributed by atoms with van der Waals surface area (Å²) in [7, 11) is 1.59. The van der Waals surface area contributed by atoms with Gasteiger partial charge in [0, 0.05) is 5.56 Å². The maximum Gasteiger partial charge on any atom is 0.161 e. The summed E-state index contributed by atoms with van der Waals surface area (Å²) >= 11 is 3.33. The minimum atomic E-state index is 0.0360. The van der Waals surface area contributed by atoms with Gasteiger partial charge >= 0.3 is 0 Å². The predicted molar refractivity (Wildman–Crippen MR) is 55.4 cm³/mol. The average Bonchev–Trinajstić information content (AvgIpc) is 2.08. The fourth-order valence-electron chi connectivity index (χ4n) is 1.14. The number of Topliss-reactive ketones (excluding diaryl/α,β-unsaturated/α-hetero) is 1. The Kier molecular flexibility index (Phi) is 3.09. The van der Waals surface area contributed by atoms with Crippen LogP contribution in [-0.4, -0.2) is 12.9 Å². The second-order valence-electron chi connectivity index (χ2n) is 2.88. The molecule has 0 saturated heterocycles. The van der Waals surface area contributed by atoms with Crippen molar-refractivity contribution in [2.75, 3.05) is 7.11 Å². The third kappa shape index (κ3) is 2.10. The number of aryl methyl sites for hydroxylation is 1. The number of carbonyl (C=O) groups is 1. The number of ketones is 1. The maximum absolute atomic E-state index is 11.2. The number of halogens is 1. The van der Waals surface area contributed by atoms with E-state index in [0.29, 0.717) is 11.3 Å². The molecule has 0 radical (unpaired) electrons. The van der Waals surface area contributed by atoms with Crippen LogP contribution in [0, 0.1) is 6.92 Å². The van der Waals surface area contributed by atoms with Crippen LogP contribution in [0.4, 0.5) is 0 Å². The van der Waals surface area contributed by atoms with E-state index in [9.17, 15) is 4.79 Å². The van der Waals surface area contributed by atoms with Gasteiger partial charge in [-0.3, -0.25) is 4.79 Å². The van der Waals surface area contributed by atoms with Crippen molar-refractivity contribution in [3.63, 3.8) is 0 Å². The molecule has 0 unspecified atom stereocenters. The summed E-state index contributed by atoms with van der Waals surface area (Å²) in [5.41, 5.74) is 1.68. The van der Waals surface area contributed by atoms with E-state index in [2.05, 4.69) is 15.9 Å². The standard InChI is InChI=1S/C10H11BrO2/c1-6-4-8(7(2)12)10(11)9(5-6)13-3/h4-5H,1-3H3. The van der Waals surface area contributed by atoms with Crippen LogP contribution in [0.25, 0.3) is 0 Å². The highest BCUT2D eigenvalue weighted by molar-refractivity contribution is 9.10. The highest BCUT2D eigenvalue weighted by Crippen LogP contribution is 2.30. The lowest BCUT2D eigenvalue weighted by Crippen LogP contribution is -1.97. The summed E-state index contributed by atoms with van der Waals surface area (Å²) in [6, 6.07) is 3.73. The number of benzene rings is 1. The Balaban J connectivity index is 3.35. The zero-order valence-electron chi connectivity index (χ0n) is 7.85. The Morgan fingerprint density at radius 1 is 1.46 bits per heavy atom. The third-order valence-corrected chi connectivity index (χ3v) is 2.60. The van der Waals surface area contributed by atoms with E-state index in [1.54, 1.807) is 14.0 Å². The fourth-order valence-corrected chi connectivity index (χ4v) is 1.81. The van der Waals surface area contributed by atoms with Gasteiger partial charge in [-0.1, -0.05) is 0 Å². The highest BCUT2D eigenvalue weighted by Gasteiger charge is 2.10. The lowest BCUT2D eigenvalue weighted by atomic mass is 10.1. The molecule has 0 amide bonds. The molecule has 0 N–H and O–H groups in total. The smallest absolute Gasteiger partial charge is 0.161 e. The van der Waals surface area contributed by atoms with Crippen molar-refractivity contribution in [2.24, 2.45) is 0 Å². The Morgan fingerprint density at radius 2 is 2.08 bits per heavy atom. The van der Waals surface area contributed by atoms with Crippen LogP contribution in [-0.2, 0) is 0 Å². The Morgan fingerprint density at radius 3 is 2.54 bits per heavy atom. The summed E-state index contributed by atoms with van der Waals surface area (Å²) < 4.78 is 5.85. The highest BCUT2D eigenvalue weighted by atomic mass is 79.9. The lowest BCUT2D eigenvalue weighted by Gasteiger charge is -2.08. The largest absolute Gasteiger partial charge is 0.496 e. The molecule has 0 fully saturated rings. The lowest BCUT2D eigenvalue weighted by molar-refractivity contribution is 0.101. The topological polar surface area (TPSA) is 26.3 Å². The van der Waals surface area contributed by atoms with Gasteiger partial charge in [-0.2, -0.15) is 0 Å². The first-order valence-electron chi connectivity index (χ1n) is 3.91. The van der Waals surface area contributed by atoms with Gasteiger partial charge in [-0.05, 0) is 47.5 Å². The first-order chi connectivity index (χ1) is 6.06. The first kappa shape index (κ1) is 10.3. The molecule has 3 heteroatoms. The predicted octanol–water partition coefficient (Wildman–Crippen LogP) is 2.97. The number of hydrogen-bond acceptors (Lipinski definition) is 2. The zero-order valence-corrected chi connectivity index (χ0v) is 9.44. The molecule has 0 atom stereocenters. The van der Waals surface area contributed by atoms with Gasteiger partial charge < -0.3 is 4.74 Å². The number of methoxy groups -OCH3 is 1. The average molecular weight is 243 g/mol. The van der Waals surface area contributed by atoms with Crippen LogP contribution in [0.2, 0.25) is 0 Å². The summed E-state index contributed by atoms with van der Waals surface area (Å²) in [6.07, 6.45) is 0. The van der Waals surface area contributed by atoms with Crippen LogP contribution in [0.1, 0.15) is 22.8 Å². The molecular weight excluding hydrogens is 232 g/mol. The Bertz CT molecular complexity index is 345. The molecule has 1 rings (SSSR count). The molecule has 1 aromatic carbocycles. The van der Waals surface area contributed by atoms with Crippen molar-refractivity contribution in [3.8, 4) is 5.75 Å². The minimum absolute atomic E-state index is 0.0360. The number of rotatable bonds is 2. The van der Waals surface area contributed by atoms with E-state index < -0.39 is 0 Å².